The molecule has 0 bridgehead atoms. The summed E-state index contributed by atoms with van der Waals surface area (Å²) in [4.78, 5) is 15.0. The van der Waals surface area contributed by atoms with Crippen LogP contribution in [0.5, 0.6) is 0 Å². The first kappa shape index (κ1) is 20.2. The normalized spacial score (nSPS) is 13.6. The van der Waals surface area contributed by atoms with Crippen molar-refractivity contribution in [3.8, 4) is 0 Å². The van der Waals surface area contributed by atoms with E-state index in [9.17, 15) is 4.79 Å². The summed E-state index contributed by atoms with van der Waals surface area (Å²) >= 11 is 0. The molecule has 0 radical (unpaired) electrons. The zero-order valence-corrected chi connectivity index (χ0v) is 16.6. The lowest BCUT2D eigenvalue weighted by molar-refractivity contribution is -0.117. The topological polar surface area (TPSA) is 32.3 Å². The van der Waals surface area contributed by atoms with Crippen LogP contribution in [-0.4, -0.2) is 18.5 Å². The molecule has 26 heavy (non-hydrogen) atoms. The number of hydrogen-bond donors (Lipinski definition) is 1. The van der Waals surface area contributed by atoms with Crippen molar-refractivity contribution in [3.05, 3.63) is 59.7 Å². The van der Waals surface area contributed by atoms with Crippen LogP contribution in [0.1, 0.15) is 51.7 Å². The van der Waals surface area contributed by atoms with Gasteiger partial charge in [0.15, 0.2) is 0 Å². The Balaban J connectivity index is 0.00000117. The van der Waals surface area contributed by atoms with Gasteiger partial charge >= 0.3 is 0 Å². The van der Waals surface area contributed by atoms with Crippen molar-refractivity contribution in [2.45, 2.75) is 59.4 Å². The van der Waals surface area contributed by atoms with Crippen LogP contribution in [0.15, 0.2) is 48.5 Å². The first-order chi connectivity index (χ1) is 12.7. The molecule has 3 nitrogen and oxygen atoms in total. The Labute approximate surface area is 158 Å². The molecule has 0 aliphatic carbocycles. The number of carbonyl (C=O) groups excluding carboxylic acids is 1. The largest absolute Gasteiger partial charge is 0.314 e. The number of carbonyl (C=O) groups is 1. The number of nitrogens with zero attached hydrogens (tertiary/aromatic N) is 1. The summed E-state index contributed by atoms with van der Waals surface area (Å²) in [6.07, 6.45) is 3.53. The predicted octanol–water partition coefficient (Wildman–Crippen LogP) is 5.25. The Morgan fingerprint density at radius 2 is 1.50 bits per heavy atom. The summed E-state index contributed by atoms with van der Waals surface area (Å²) in [6, 6.07) is 17.0. The zero-order valence-electron chi connectivity index (χ0n) is 16.6. The molecule has 1 atom stereocenters. The monoisotopic (exact) mass is 352 g/mol. The second-order valence-corrected chi connectivity index (χ2v) is 6.50. The second kappa shape index (κ2) is 10.1. The number of rotatable bonds is 5. The molecule has 0 saturated carbocycles. The minimum absolute atomic E-state index is 0.160. The van der Waals surface area contributed by atoms with Crippen molar-refractivity contribution < 1.29 is 4.79 Å². The molecule has 1 heterocycles. The molecule has 140 valence electrons. The third-order valence-corrected chi connectivity index (χ3v) is 4.82. The molecule has 3 rings (SSSR count). The summed E-state index contributed by atoms with van der Waals surface area (Å²) in [5, 5.41) is 3.42. The van der Waals surface area contributed by atoms with Gasteiger partial charge in [-0.15, -0.1) is 0 Å². The van der Waals surface area contributed by atoms with Gasteiger partial charge in [0.1, 0.15) is 0 Å². The highest BCUT2D eigenvalue weighted by Crippen LogP contribution is 2.36. The fourth-order valence-electron chi connectivity index (χ4n) is 3.23. The molecule has 2 aromatic rings. The molecular formula is C23H32N2O. The van der Waals surface area contributed by atoms with E-state index in [1.54, 1.807) is 0 Å². The molecule has 0 fully saturated rings. The highest BCUT2D eigenvalue weighted by Gasteiger charge is 2.25. The SMILES string of the molecule is CC.CCC(C)NCCC(=O)N1c2ccccc2CCc2ccccc21. The van der Waals surface area contributed by atoms with Gasteiger partial charge in [0, 0.05) is 19.0 Å². The number of para-hydroxylation sites is 2. The summed E-state index contributed by atoms with van der Waals surface area (Å²) in [5.41, 5.74) is 4.57. The molecule has 0 aromatic heterocycles. The lowest BCUT2D eigenvalue weighted by Gasteiger charge is -2.25. The first-order valence-corrected chi connectivity index (χ1v) is 9.93. The Morgan fingerprint density at radius 3 is 2.00 bits per heavy atom. The van der Waals surface area contributed by atoms with Gasteiger partial charge < -0.3 is 5.32 Å². The van der Waals surface area contributed by atoms with Crippen molar-refractivity contribution in [2.24, 2.45) is 0 Å². The van der Waals surface area contributed by atoms with Crippen molar-refractivity contribution in [1.82, 2.24) is 5.32 Å². The van der Waals surface area contributed by atoms with Gasteiger partial charge in [-0.1, -0.05) is 57.2 Å². The Kier molecular flexibility index (Phi) is 7.86. The Morgan fingerprint density at radius 1 is 1.00 bits per heavy atom. The zero-order chi connectivity index (χ0) is 18.9. The fourth-order valence-corrected chi connectivity index (χ4v) is 3.23. The smallest absolute Gasteiger partial charge is 0.232 e. The third-order valence-electron chi connectivity index (χ3n) is 4.82. The third kappa shape index (κ3) is 4.73. The summed E-state index contributed by atoms with van der Waals surface area (Å²) in [7, 11) is 0. The molecule has 1 amide bonds. The number of amides is 1. The van der Waals surface area contributed by atoms with Crippen molar-refractivity contribution in [2.75, 3.05) is 11.4 Å². The van der Waals surface area contributed by atoms with E-state index in [1.165, 1.54) is 11.1 Å². The minimum atomic E-state index is 0.160. The molecule has 1 aliphatic heterocycles. The Bertz CT molecular complexity index is 663. The van der Waals surface area contributed by atoms with Crippen molar-refractivity contribution in [1.29, 1.82) is 0 Å². The summed E-state index contributed by atoms with van der Waals surface area (Å²) in [6.45, 7) is 9.02. The molecular weight excluding hydrogens is 320 g/mol. The van der Waals surface area contributed by atoms with E-state index in [0.29, 0.717) is 19.0 Å². The van der Waals surface area contributed by atoms with Gasteiger partial charge in [-0.05, 0) is 49.4 Å². The maximum atomic E-state index is 13.0. The van der Waals surface area contributed by atoms with Gasteiger partial charge in [0.25, 0.3) is 0 Å². The van der Waals surface area contributed by atoms with Gasteiger partial charge in [-0.2, -0.15) is 0 Å². The average molecular weight is 353 g/mol. The number of benzene rings is 2. The van der Waals surface area contributed by atoms with Crippen LogP contribution in [0.25, 0.3) is 0 Å². The highest BCUT2D eigenvalue weighted by atomic mass is 16.2. The van der Waals surface area contributed by atoms with Crippen LogP contribution in [0.3, 0.4) is 0 Å². The van der Waals surface area contributed by atoms with Gasteiger partial charge in [-0.25, -0.2) is 0 Å². The summed E-state index contributed by atoms with van der Waals surface area (Å²) < 4.78 is 0. The van der Waals surface area contributed by atoms with E-state index in [2.05, 4.69) is 55.6 Å². The van der Waals surface area contributed by atoms with Crippen molar-refractivity contribution in [3.63, 3.8) is 0 Å². The maximum absolute atomic E-state index is 13.0. The van der Waals surface area contributed by atoms with Crippen LogP contribution < -0.4 is 10.2 Å². The van der Waals surface area contributed by atoms with Crippen LogP contribution in [0.4, 0.5) is 11.4 Å². The predicted molar refractivity (Wildman–Crippen MR) is 111 cm³/mol. The molecule has 0 saturated heterocycles. The van der Waals surface area contributed by atoms with Gasteiger partial charge in [0.2, 0.25) is 5.91 Å². The van der Waals surface area contributed by atoms with Crippen LogP contribution in [-0.2, 0) is 17.6 Å². The minimum Gasteiger partial charge on any atom is -0.314 e. The van der Waals surface area contributed by atoms with Crippen LogP contribution in [0.2, 0.25) is 0 Å². The molecule has 0 spiro atoms. The number of anilines is 2. The standard InChI is InChI=1S/C21H26N2O.C2H6/c1-3-16(2)22-15-14-21(24)23-19-10-6-4-8-17(19)12-13-18-9-5-7-11-20(18)23;1-2/h4-11,16,22H,3,12-15H2,1-2H3;1-2H3. The molecule has 1 unspecified atom stereocenters. The van der Waals surface area contributed by atoms with E-state index >= 15 is 0 Å². The average Bonchev–Trinajstić information content (AvgIpc) is 2.86. The van der Waals surface area contributed by atoms with E-state index in [1.807, 2.05) is 30.9 Å². The van der Waals surface area contributed by atoms with Crippen LogP contribution >= 0.6 is 0 Å². The van der Waals surface area contributed by atoms with E-state index in [4.69, 9.17) is 0 Å². The number of hydrogen-bond acceptors (Lipinski definition) is 2. The fraction of sp³-hybridized carbons (Fsp3) is 0.435. The molecule has 2 aromatic carbocycles. The quantitative estimate of drug-likeness (QED) is 0.796. The van der Waals surface area contributed by atoms with Crippen molar-refractivity contribution >= 4 is 17.3 Å². The van der Waals surface area contributed by atoms with E-state index in [-0.39, 0.29) is 5.91 Å². The number of fused-ring (bicyclic) bond motifs is 2. The highest BCUT2D eigenvalue weighted by molar-refractivity contribution is 6.02. The number of nitrogens with one attached hydrogen (secondary N) is 1. The van der Waals surface area contributed by atoms with Gasteiger partial charge in [0.05, 0.1) is 11.4 Å². The molecule has 1 N–H and O–H groups in total. The maximum Gasteiger partial charge on any atom is 0.232 e. The van der Waals surface area contributed by atoms with Gasteiger partial charge in [-0.3, -0.25) is 9.69 Å². The first-order valence-electron chi connectivity index (χ1n) is 9.93. The van der Waals surface area contributed by atoms with Crippen LogP contribution in [0, 0.1) is 0 Å². The molecule has 3 heteroatoms. The lowest BCUT2D eigenvalue weighted by Crippen LogP contribution is -2.33. The number of aryl methyl sites for hydroxylation is 2. The molecule has 1 aliphatic rings. The Hall–Kier alpha value is -2.13. The van der Waals surface area contributed by atoms with E-state index < -0.39 is 0 Å². The summed E-state index contributed by atoms with van der Waals surface area (Å²) in [5.74, 6) is 0.160. The van der Waals surface area contributed by atoms with E-state index in [0.717, 1.165) is 30.6 Å². The second-order valence-electron chi connectivity index (χ2n) is 6.50. The lowest BCUT2D eigenvalue weighted by atomic mass is 10.0.